The SMILES string of the molecule is CC1=CNC(C)(O)S1. The van der Waals surface area contributed by atoms with Gasteiger partial charge in [0.15, 0.2) is 5.06 Å². The molecule has 0 saturated carbocycles. The van der Waals surface area contributed by atoms with Gasteiger partial charge in [-0.3, -0.25) is 0 Å². The second kappa shape index (κ2) is 1.67. The van der Waals surface area contributed by atoms with Gasteiger partial charge in [-0.15, -0.1) is 0 Å². The lowest BCUT2D eigenvalue weighted by atomic mass is 10.6. The third-order valence-corrected chi connectivity index (χ3v) is 1.86. The lowest BCUT2D eigenvalue weighted by Gasteiger charge is -2.14. The van der Waals surface area contributed by atoms with Crippen LogP contribution in [0.25, 0.3) is 0 Å². The van der Waals surface area contributed by atoms with Crippen molar-refractivity contribution >= 4 is 11.8 Å². The molecule has 0 bridgehead atoms. The van der Waals surface area contributed by atoms with E-state index in [1.807, 2.05) is 13.1 Å². The molecule has 0 aromatic rings. The molecule has 3 heteroatoms. The first kappa shape index (κ1) is 5.98. The molecule has 0 aliphatic carbocycles. The molecule has 1 rings (SSSR count). The molecule has 1 aliphatic rings. The molecule has 0 aromatic heterocycles. The zero-order valence-corrected chi connectivity index (χ0v) is 5.75. The van der Waals surface area contributed by atoms with Crippen LogP contribution in [0.4, 0.5) is 0 Å². The maximum atomic E-state index is 9.16. The Morgan fingerprint density at radius 1 is 1.88 bits per heavy atom. The Kier molecular flexibility index (Phi) is 1.25. The van der Waals surface area contributed by atoms with Gasteiger partial charge in [0.1, 0.15) is 0 Å². The third kappa shape index (κ3) is 1.17. The largest absolute Gasteiger partial charge is 0.362 e. The highest BCUT2D eigenvalue weighted by atomic mass is 32.2. The van der Waals surface area contributed by atoms with Crippen molar-refractivity contribution in [3.63, 3.8) is 0 Å². The molecule has 0 spiro atoms. The van der Waals surface area contributed by atoms with Gasteiger partial charge < -0.3 is 10.4 Å². The minimum Gasteiger partial charge on any atom is -0.362 e. The number of allylic oxidation sites excluding steroid dienone is 1. The van der Waals surface area contributed by atoms with E-state index < -0.39 is 5.06 Å². The summed E-state index contributed by atoms with van der Waals surface area (Å²) < 4.78 is 0. The van der Waals surface area contributed by atoms with Crippen LogP contribution in [0.15, 0.2) is 11.1 Å². The molecule has 0 amide bonds. The Balaban J connectivity index is 2.55. The lowest BCUT2D eigenvalue weighted by Crippen LogP contribution is -2.30. The van der Waals surface area contributed by atoms with E-state index >= 15 is 0 Å². The highest BCUT2D eigenvalue weighted by Crippen LogP contribution is 2.31. The van der Waals surface area contributed by atoms with E-state index in [1.54, 1.807) is 6.92 Å². The highest BCUT2D eigenvalue weighted by molar-refractivity contribution is 8.04. The average Bonchev–Trinajstić information content (AvgIpc) is 1.82. The van der Waals surface area contributed by atoms with E-state index in [1.165, 1.54) is 11.8 Å². The van der Waals surface area contributed by atoms with Crippen LogP contribution < -0.4 is 5.32 Å². The third-order valence-electron chi connectivity index (χ3n) is 0.903. The first-order chi connectivity index (χ1) is 3.60. The summed E-state index contributed by atoms with van der Waals surface area (Å²) in [4.78, 5) is 1.12. The highest BCUT2D eigenvalue weighted by Gasteiger charge is 2.24. The fraction of sp³-hybridized carbons (Fsp3) is 0.600. The second-order valence-electron chi connectivity index (χ2n) is 1.98. The van der Waals surface area contributed by atoms with Crippen molar-refractivity contribution in [3.8, 4) is 0 Å². The Morgan fingerprint density at radius 2 is 2.50 bits per heavy atom. The smallest absolute Gasteiger partial charge is 0.185 e. The molecule has 0 fully saturated rings. The molecule has 1 atom stereocenters. The van der Waals surface area contributed by atoms with E-state index in [9.17, 15) is 0 Å². The number of hydrogen-bond acceptors (Lipinski definition) is 3. The minimum atomic E-state index is -0.760. The van der Waals surface area contributed by atoms with E-state index in [0.29, 0.717) is 0 Å². The van der Waals surface area contributed by atoms with Crippen molar-refractivity contribution in [2.45, 2.75) is 18.9 Å². The van der Waals surface area contributed by atoms with Gasteiger partial charge in [0, 0.05) is 11.1 Å². The van der Waals surface area contributed by atoms with E-state index in [2.05, 4.69) is 5.32 Å². The lowest BCUT2D eigenvalue weighted by molar-refractivity contribution is 0.140. The Bertz CT molecular complexity index is 130. The summed E-state index contributed by atoms with van der Waals surface area (Å²) in [6.07, 6.45) is 1.81. The van der Waals surface area contributed by atoms with Gasteiger partial charge >= 0.3 is 0 Å². The molecule has 1 aliphatic heterocycles. The summed E-state index contributed by atoms with van der Waals surface area (Å²) in [5.41, 5.74) is 0. The maximum absolute atomic E-state index is 9.16. The molecular weight excluding hydrogens is 122 g/mol. The predicted molar refractivity (Wildman–Crippen MR) is 35.1 cm³/mol. The summed E-state index contributed by atoms with van der Waals surface area (Å²) in [7, 11) is 0. The van der Waals surface area contributed by atoms with Gasteiger partial charge in [0.05, 0.1) is 0 Å². The average molecular weight is 131 g/mol. The Hall–Kier alpha value is -0.150. The number of nitrogens with one attached hydrogen (secondary N) is 1. The van der Waals surface area contributed by atoms with Crippen LogP contribution >= 0.6 is 11.8 Å². The fourth-order valence-electron chi connectivity index (χ4n) is 0.608. The summed E-state index contributed by atoms with van der Waals surface area (Å²) in [6.45, 7) is 3.68. The molecule has 1 unspecified atom stereocenters. The first-order valence-corrected chi connectivity index (χ1v) is 3.28. The van der Waals surface area contributed by atoms with E-state index in [0.717, 1.165) is 4.91 Å². The standard InChI is InChI=1S/C5H9NOS/c1-4-3-6-5(2,7)8-4/h3,6-7H,1-2H3. The van der Waals surface area contributed by atoms with Crippen LogP contribution in [0.5, 0.6) is 0 Å². The monoisotopic (exact) mass is 131 g/mol. The fourth-order valence-corrected chi connectivity index (χ4v) is 1.47. The molecule has 2 N–H and O–H groups in total. The first-order valence-electron chi connectivity index (χ1n) is 2.46. The number of aliphatic hydroxyl groups is 1. The summed E-state index contributed by atoms with van der Waals surface area (Å²) in [5.74, 6) is 0. The van der Waals surface area contributed by atoms with Gasteiger partial charge in [-0.1, -0.05) is 11.8 Å². The second-order valence-corrected chi connectivity index (χ2v) is 3.63. The van der Waals surface area contributed by atoms with Crippen molar-refractivity contribution in [2.24, 2.45) is 0 Å². The van der Waals surface area contributed by atoms with Crippen LogP contribution in [-0.2, 0) is 0 Å². The number of hydrogen-bond donors (Lipinski definition) is 2. The molecule has 46 valence electrons. The van der Waals surface area contributed by atoms with Gasteiger partial charge in [-0.05, 0) is 13.8 Å². The number of rotatable bonds is 0. The molecule has 8 heavy (non-hydrogen) atoms. The van der Waals surface area contributed by atoms with Crippen LogP contribution in [0.2, 0.25) is 0 Å². The molecule has 2 nitrogen and oxygen atoms in total. The topological polar surface area (TPSA) is 32.3 Å². The summed E-state index contributed by atoms with van der Waals surface area (Å²) in [5, 5.41) is 11.2. The molecule has 0 radical (unpaired) electrons. The van der Waals surface area contributed by atoms with Gasteiger partial charge in [0.2, 0.25) is 0 Å². The van der Waals surface area contributed by atoms with Crippen molar-refractivity contribution in [3.05, 3.63) is 11.1 Å². The van der Waals surface area contributed by atoms with Crippen molar-refractivity contribution in [1.82, 2.24) is 5.32 Å². The Morgan fingerprint density at radius 3 is 2.62 bits per heavy atom. The zero-order chi connectivity index (χ0) is 6.20. The van der Waals surface area contributed by atoms with Crippen molar-refractivity contribution in [1.29, 1.82) is 0 Å². The molecule has 0 aromatic carbocycles. The number of thioether (sulfide) groups is 1. The summed E-state index contributed by atoms with van der Waals surface area (Å²) >= 11 is 1.43. The minimum absolute atomic E-state index is 0.760. The van der Waals surface area contributed by atoms with Gasteiger partial charge in [-0.25, -0.2) is 0 Å². The van der Waals surface area contributed by atoms with Crippen LogP contribution in [0.3, 0.4) is 0 Å². The summed E-state index contributed by atoms with van der Waals surface area (Å²) in [6, 6.07) is 0. The Labute approximate surface area is 53.0 Å². The molecule has 1 heterocycles. The predicted octanol–water partition coefficient (Wildman–Crippen LogP) is 0.850. The van der Waals surface area contributed by atoms with E-state index in [-0.39, 0.29) is 0 Å². The van der Waals surface area contributed by atoms with E-state index in [4.69, 9.17) is 5.11 Å². The van der Waals surface area contributed by atoms with Crippen molar-refractivity contribution in [2.75, 3.05) is 0 Å². The van der Waals surface area contributed by atoms with Gasteiger partial charge in [-0.2, -0.15) is 0 Å². The molecule has 0 saturated heterocycles. The van der Waals surface area contributed by atoms with Crippen LogP contribution in [0.1, 0.15) is 13.8 Å². The van der Waals surface area contributed by atoms with Crippen molar-refractivity contribution < 1.29 is 5.11 Å². The maximum Gasteiger partial charge on any atom is 0.185 e. The molecular formula is C5H9NOS. The normalized spacial score (nSPS) is 36.6. The van der Waals surface area contributed by atoms with Crippen LogP contribution in [0, 0.1) is 0 Å². The quantitative estimate of drug-likeness (QED) is 0.511. The van der Waals surface area contributed by atoms with Crippen LogP contribution in [-0.4, -0.2) is 10.2 Å². The van der Waals surface area contributed by atoms with Gasteiger partial charge in [0.25, 0.3) is 0 Å². The zero-order valence-electron chi connectivity index (χ0n) is 4.93.